The van der Waals surface area contributed by atoms with E-state index in [9.17, 15) is 14.0 Å². The molecule has 1 aliphatic rings. The number of nitrogens with one attached hydrogen (secondary N) is 1. The number of fused-ring (bicyclic) bond motifs is 3. The van der Waals surface area contributed by atoms with Crippen molar-refractivity contribution < 1.29 is 9.18 Å². The zero-order valence-electron chi connectivity index (χ0n) is 18.6. The lowest BCUT2D eigenvalue weighted by atomic mass is 10.1. The van der Waals surface area contributed by atoms with Crippen LogP contribution < -0.4 is 10.9 Å². The van der Waals surface area contributed by atoms with E-state index < -0.39 is 0 Å². The molecule has 1 unspecified atom stereocenters. The molecule has 0 spiro atoms. The monoisotopic (exact) mass is 486 g/mol. The zero-order valence-corrected chi connectivity index (χ0v) is 19.4. The Kier molecular flexibility index (Phi) is 5.10. The minimum Gasteiger partial charge on any atom is -0.325 e. The molecule has 1 atom stereocenters. The van der Waals surface area contributed by atoms with Crippen molar-refractivity contribution >= 4 is 45.3 Å². The smallest absolute Gasteiger partial charge is 0.265 e. The van der Waals surface area contributed by atoms with Gasteiger partial charge in [-0.05, 0) is 43.3 Å². The van der Waals surface area contributed by atoms with Gasteiger partial charge in [0, 0.05) is 23.3 Å². The van der Waals surface area contributed by atoms with Crippen molar-refractivity contribution in [3.63, 3.8) is 0 Å². The maximum atomic E-state index is 13.3. The van der Waals surface area contributed by atoms with Crippen LogP contribution in [-0.2, 0) is 4.79 Å². The zero-order chi connectivity index (χ0) is 24.1. The van der Waals surface area contributed by atoms with Crippen LogP contribution in [-0.4, -0.2) is 36.0 Å². The Bertz CT molecular complexity index is 1680. The number of aromatic nitrogens is 5. The molecule has 174 valence electrons. The largest absolute Gasteiger partial charge is 0.325 e. The number of hydrogen-bond acceptors (Lipinski definition) is 6. The standard InChI is InChI=1S/C25H19FN6O2S/c1-14-10-21(18-4-2-3-5-20(18)28-14)29-22(33)11-17-13-35-25-30-23-19(24(34)31(17)25)12-27-32(23)16-8-6-15(26)7-9-16/h2-10,12,17H,11,13H2,1H3,(H,28,29,33). The molecule has 1 aliphatic heterocycles. The van der Waals surface area contributed by atoms with Gasteiger partial charge in [-0.25, -0.2) is 14.1 Å². The molecule has 0 fully saturated rings. The fraction of sp³-hybridized carbons (Fsp3) is 0.160. The van der Waals surface area contributed by atoms with Gasteiger partial charge in [0.25, 0.3) is 5.56 Å². The number of benzene rings is 2. The van der Waals surface area contributed by atoms with Gasteiger partial charge in [-0.15, -0.1) is 0 Å². The maximum absolute atomic E-state index is 13.3. The number of hydrogen-bond donors (Lipinski definition) is 1. The number of para-hydroxylation sites is 1. The highest BCUT2D eigenvalue weighted by molar-refractivity contribution is 7.99. The number of aryl methyl sites for hydroxylation is 1. The van der Waals surface area contributed by atoms with Gasteiger partial charge in [-0.3, -0.25) is 19.1 Å². The maximum Gasteiger partial charge on any atom is 0.265 e. The lowest BCUT2D eigenvalue weighted by molar-refractivity contribution is -0.116. The van der Waals surface area contributed by atoms with Gasteiger partial charge < -0.3 is 5.32 Å². The van der Waals surface area contributed by atoms with Crippen molar-refractivity contribution in [2.24, 2.45) is 0 Å². The Labute approximate surface area is 202 Å². The first-order valence-corrected chi connectivity index (χ1v) is 12.0. The Hall–Kier alpha value is -4.05. The second-order valence-electron chi connectivity index (χ2n) is 8.39. The fourth-order valence-corrected chi connectivity index (χ4v) is 5.51. The first-order chi connectivity index (χ1) is 17.0. The molecule has 0 aliphatic carbocycles. The summed E-state index contributed by atoms with van der Waals surface area (Å²) < 4.78 is 16.4. The molecule has 10 heteroatoms. The summed E-state index contributed by atoms with van der Waals surface area (Å²) in [5.74, 6) is 0.0153. The van der Waals surface area contributed by atoms with Crippen molar-refractivity contribution in [3.8, 4) is 5.69 Å². The number of amides is 1. The first kappa shape index (κ1) is 21.5. The van der Waals surface area contributed by atoms with Gasteiger partial charge in [0.05, 0.1) is 29.1 Å². The first-order valence-electron chi connectivity index (χ1n) is 11.0. The van der Waals surface area contributed by atoms with Crippen LogP contribution in [0.1, 0.15) is 18.2 Å². The van der Waals surface area contributed by atoms with Crippen LogP contribution in [0.15, 0.2) is 70.7 Å². The second kappa shape index (κ2) is 8.31. The normalized spacial score (nSPS) is 15.0. The van der Waals surface area contributed by atoms with Crippen LogP contribution in [0.2, 0.25) is 0 Å². The molecule has 0 radical (unpaired) electrons. The number of thioether (sulfide) groups is 1. The van der Waals surface area contributed by atoms with Crippen molar-refractivity contribution in [1.29, 1.82) is 0 Å². The van der Waals surface area contributed by atoms with Crippen molar-refractivity contribution in [2.45, 2.75) is 24.5 Å². The summed E-state index contributed by atoms with van der Waals surface area (Å²) in [5.41, 5.74) is 3.09. The summed E-state index contributed by atoms with van der Waals surface area (Å²) in [5, 5.41) is 9.05. The number of halogens is 1. The molecular formula is C25H19FN6O2S. The summed E-state index contributed by atoms with van der Waals surface area (Å²) in [6, 6.07) is 15.0. The average molecular weight is 487 g/mol. The summed E-state index contributed by atoms with van der Waals surface area (Å²) in [6.07, 6.45) is 1.60. The Morgan fingerprint density at radius 1 is 1.14 bits per heavy atom. The average Bonchev–Trinajstić information content (AvgIpc) is 3.44. The van der Waals surface area contributed by atoms with Gasteiger partial charge in [-0.1, -0.05) is 30.0 Å². The van der Waals surface area contributed by atoms with E-state index in [1.807, 2.05) is 37.3 Å². The number of pyridine rings is 1. The third-order valence-electron chi connectivity index (χ3n) is 5.98. The predicted molar refractivity (Wildman–Crippen MR) is 133 cm³/mol. The van der Waals surface area contributed by atoms with Gasteiger partial charge in [0.2, 0.25) is 5.91 Å². The lowest BCUT2D eigenvalue weighted by Crippen LogP contribution is -2.27. The number of carbonyl (C=O) groups is 1. The van der Waals surface area contributed by atoms with Gasteiger partial charge >= 0.3 is 0 Å². The van der Waals surface area contributed by atoms with E-state index in [1.54, 1.807) is 16.7 Å². The molecule has 0 bridgehead atoms. The minimum atomic E-state index is -0.356. The number of carbonyl (C=O) groups excluding carboxylic acids is 1. The van der Waals surface area contributed by atoms with E-state index >= 15 is 0 Å². The predicted octanol–water partition coefficient (Wildman–Crippen LogP) is 4.25. The van der Waals surface area contributed by atoms with E-state index in [0.29, 0.717) is 33.3 Å². The fourth-order valence-electron chi connectivity index (χ4n) is 4.38. The molecule has 5 aromatic rings. The summed E-state index contributed by atoms with van der Waals surface area (Å²) in [7, 11) is 0. The molecular weight excluding hydrogens is 467 g/mol. The second-order valence-corrected chi connectivity index (χ2v) is 9.37. The molecule has 0 saturated carbocycles. The molecule has 3 aromatic heterocycles. The van der Waals surface area contributed by atoms with Crippen LogP contribution in [0, 0.1) is 12.7 Å². The molecule has 0 saturated heterocycles. The third kappa shape index (κ3) is 3.75. The number of nitrogens with zero attached hydrogens (tertiary/aromatic N) is 5. The molecule has 2 aromatic carbocycles. The Morgan fingerprint density at radius 2 is 1.94 bits per heavy atom. The molecule has 35 heavy (non-hydrogen) atoms. The van der Waals surface area contributed by atoms with Crippen molar-refractivity contribution in [3.05, 3.63) is 82.7 Å². The van der Waals surface area contributed by atoms with E-state index in [4.69, 9.17) is 0 Å². The molecule has 8 nitrogen and oxygen atoms in total. The lowest BCUT2D eigenvalue weighted by Gasteiger charge is -2.14. The number of anilines is 1. The third-order valence-corrected chi connectivity index (χ3v) is 7.08. The van der Waals surface area contributed by atoms with E-state index in [0.717, 1.165) is 16.6 Å². The van der Waals surface area contributed by atoms with E-state index in [2.05, 4.69) is 20.4 Å². The topological polar surface area (TPSA) is 94.7 Å². The summed E-state index contributed by atoms with van der Waals surface area (Å²) >= 11 is 1.43. The van der Waals surface area contributed by atoms with Gasteiger partial charge in [0.1, 0.15) is 11.2 Å². The highest BCUT2D eigenvalue weighted by Gasteiger charge is 2.29. The quantitative estimate of drug-likeness (QED) is 0.382. The highest BCUT2D eigenvalue weighted by atomic mass is 32.2. The van der Waals surface area contributed by atoms with Crippen molar-refractivity contribution in [2.75, 3.05) is 11.1 Å². The van der Waals surface area contributed by atoms with Crippen LogP contribution >= 0.6 is 11.8 Å². The van der Waals surface area contributed by atoms with Crippen LogP contribution in [0.4, 0.5) is 10.1 Å². The molecule has 4 heterocycles. The molecule has 6 rings (SSSR count). The minimum absolute atomic E-state index is 0.134. The number of rotatable bonds is 4. The highest BCUT2D eigenvalue weighted by Crippen LogP contribution is 2.34. The SMILES string of the molecule is Cc1cc(NC(=O)CC2CSc3nc4c(cnn4-c4ccc(F)cc4)c(=O)n32)c2ccccc2n1. The van der Waals surface area contributed by atoms with Crippen LogP contribution in [0.25, 0.3) is 27.6 Å². The van der Waals surface area contributed by atoms with Crippen molar-refractivity contribution in [1.82, 2.24) is 24.3 Å². The van der Waals surface area contributed by atoms with Gasteiger partial charge in [0.15, 0.2) is 10.8 Å². The van der Waals surface area contributed by atoms with E-state index in [-0.39, 0.29) is 29.7 Å². The Balaban J connectivity index is 1.30. The van der Waals surface area contributed by atoms with E-state index in [1.165, 1.54) is 34.8 Å². The molecule has 1 amide bonds. The summed E-state index contributed by atoms with van der Waals surface area (Å²) in [4.78, 5) is 35.5. The van der Waals surface area contributed by atoms with Gasteiger partial charge in [-0.2, -0.15) is 5.10 Å². The molecule has 1 N–H and O–H groups in total. The summed E-state index contributed by atoms with van der Waals surface area (Å²) in [6.45, 7) is 1.88. The van der Waals surface area contributed by atoms with Crippen LogP contribution in [0.5, 0.6) is 0 Å². The van der Waals surface area contributed by atoms with Crippen LogP contribution in [0.3, 0.4) is 0 Å². The Morgan fingerprint density at radius 3 is 2.77 bits per heavy atom.